The fourth-order valence-electron chi connectivity index (χ4n) is 2.94. The first kappa shape index (κ1) is 16.0. The lowest BCUT2D eigenvalue weighted by Crippen LogP contribution is -2.29. The molecule has 0 saturated heterocycles. The Morgan fingerprint density at radius 3 is 2.48 bits per heavy atom. The fourth-order valence-corrected chi connectivity index (χ4v) is 3.69. The van der Waals surface area contributed by atoms with Crippen LogP contribution < -0.4 is 14.8 Å². The highest BCUT2D eigenvalue weighted by Crippen LogP contribution is 2.43. The summed E-state index contributed by atoms with van der Waals surface area (Å²) in [4.78, 5) is 24.1. The quantitative estimate of drug-likeness (QED) is 0.857. The highest BCUT2D eigenvalue weighted by Gasteiger charge is 2.34. The van der Waals surface area contributed by atoms with Crippen LogP contribution >= 0.6 is 11.3 Å². The molecule has 1 amide bonds. The van der Waals surface area contributed by atoms with Crippen LogP contribution in [-0.2, 0) is 0 Å². The van der Waals surface area contributed by atoms with E-state index < -0.39 is 5.97 Å². The number of fused-ring (bicyclic) bond motifs is 1. The van der Waals surface area contributed by atoms with Crippen LogP contribution in [0, 0.1) is 5.92 Å². The molecule has 2 heterocycles. The van der Waals surface area contributed by atoms with Crippen molar-refractivity contribution in [1.29, 1.82) is 0 Å². The molecule has 2 aromatic rings. The SMILES string of the molecule is O=C(O)c1ccc(C(=O)NC(c2ccc3c(c2)OCCO3)C2CC2)s1. The lowest BCUT2D eigenvalue weighted by Gasteiger charge is -2.23. The Balaban J connectivity index is 1.55. The van der Waals surface area contributed by atoms with Crippen LogP contribution in [0.2, 0.25) is 0 Å². The van der Waals surface area contributed by atoms with Gasteiger partial charge < -0.3 is 19.9 Å². The molecule has 2 aliphatic rings. The number of carbonyl (C=O) groups is 2. The van der Waals surface area contributed by atoms with Crippen molar-refractivity contribution in [3.05, 3.63) is 45.6 Å². The molecule has 25 heavy (non-hydrogen) atoms. The first-order chi connectivity index (χ1) is 12.1. The predicted molar refractivity (Wildman–Crippen MR) is 91.6 cm³/mol. The normalized spacial score (nSPS) is 17.0. The highest BCUT2D eigenvalue weighted by atomic mass is 32.1. The molecule has 2 N–H and O–H groups in total. The van der Waals surface area contributed by atoms with Gasteiger partial charge in [0.25, 0.3) is 5.91 Å². The molecule has 6 nitrogen and oxygen atoms in total. The van der Waals surface area contributed by atoms with Crippen molar-refractivity contribution in [2.45, 2.75) is 18.9 Å². The third-order valence-corrected chi connectivity index (χ3v) is 5.42. The number of amides is 1. The maximum Gasteiger partial charge on any atom is 0.345 e. The maximum atomic E-state index is 12.5. The smallest absolute Gasteiger partial charge is 0.345 e. The Hall–Kier alpha value is -2.54. The van der Waals surface area contributed by atoms with E-state index in [2.05, 4.69) is 5.32 Å². The molecule has 1 atom stereocenters. The van der Waals surface area contributed by atoms with Gasteiger partial charge in [0, 0.05) is 0 Å². The lowest BCUT2D eigenvalue weighted by atomic mass is 10.0. The zero-order valence-electron chi connectivity index (χ0n) is 13.4. The van der Waals surface area contributed by atoms with Crippen LogP contribution in [0.25, 0.3) is 0 Å². The van der Waals surface area contributed by atoms with Gasteiger partial charge in [-0.2, -0.15) is 0 Å². The molecule has 1 aromatic heterocycles. The van der Waals surface area contributed by atoms with Gasteiger partial charge in [-0.15, -0.1) is 11.3 Å². The Labute approximate surface area is 148 Å². The number of carboxylic acids is 1. The van der Waals surface area contributed by atoms with Gasteiger partial charge in [-0.3, -0.25) is 4.79 Å². The van der Waals surface area contributed by atoms with Crippen LogP contribution in [-0.4, -0.2) is 30.2 Å². The van der Waals surface area contributed by atoms with E-state index in [0.29, 0.717) is 29.8 Å². The number of rotatable bonds is 5. The number of thiophene rings is 1. The van der Waals surface area contributed by atoms with Crippen molar-refractivity contribution in [3.8, 4) is 11.5 Å². The van der Waals surface area contributed by atoms with Gasteiger partial charge >= 0.3 is 5.97 Å². The van der Waals surface area contributed by atoms with Crippen molar-refractivity contribution in [3.63, 3.8) is 0 Å². The number of carboxylic acid groups (broad SMARTS) is 1. The van der Waals surface area contributed by atoms with Crippen LogP contribution in [0.5, 0.6) is 11.5 Å². The molecule has 1 aromatic carbocycles. The van der Waals surface area contributed by atoms with E-state index in [1.54, 1.807) is 6.07 Å². The van der Waals surface area contributed by atoms with Gasteiger partial charge in [0.2, 0.25) is 0 Å². The molecule has 0 bridgehead atoms. The number of hydrogen-bond donors (Lipinski definition) is 2. The summed E-state index contributed by atoms with van der Waals surface area (Å²) in [5.41, 5.74) is 0.982. The fraction of sp³-hybridized carbons (Fsp3) is 0.333. The number of nitrogens with one attached hydrogen (secondary N) is 1. The monoisotopic (exact) mass is 359 g/mol. The molecular formula is C18H17NO5S. The molecule has 1 saturated carbocycles. The van der Waals surface area contributed by atoms with E-state index in [1.165, 1.54) is 6.07 Å². The van der Waals surface area contributed by atoms with Crippen molar-refractivity contribution in [2.24, 2.45) is 5.92 Å². The Morgan fingerprint density at radius 1 is 1.08 bits per heavy atom. The van der Waals surface area contributed by atoms with Crippen LogP contribution in [0.3, 0.4) is 0 Å². The third-order valence-electron chi connectivity index (χ3n) is 4.35. The van der Waals surface area contributed by atoms with Gasteiger partial charge in [0.15, 0.2) is 11.5 Å². The van der Waals surface area contributed by atoms with E-state index in [0.717, 1.165) is 35.5 Å². The van der Waals surface area contributed by atoms with Crippen LogP contribution in [0.1, 0.15) is 43.8 Å². The van der Waals surface area contributed by atoms with E-state index in [1.807, 2.05) is 18.2 Å². The summed E-state index contributed by atoms with van der Waals surface area (Å²) in [6, 6.07) is 8.65. The molecule has 1 aliphatic carbocycles. The molecule has 4 rings (SSSR count). The minimum atomic E-state index is -1.02. The standard InChI is InChI=1S/C18H17NO5S/c20-17(14-5-6-15(25-14)18(21)22)19-16(10-1-2-10)11-3-4-12-13(9-11)24-8-7-23-12/h3-6,9-10,16H,1-2,7-8H2,(H,19,20)(H,21,22). The zero-order chi connectivity index (χ0) is 17.4. The highest BCUT2D eigenvalue weighted by molar-refractivity contribution is 7.15. The number of aromatic carboxylic acids is 1. The summed E-state index contributed by atoms with van der Waals surface area (Å²) in [7, 11) is 0. The Bertz CT molecular complexity index is 827. The molecule has 0 radical (unpaired) electrons. The van der Waals surface area contributed by atoms with Crippen molar-refractivity contribution < 1.29 is 24.2 Å². The number of carbonyl (C=O) groups excluding carboxylic acids is 1. The minimum absolute atomic E-state index is 0.112. The van der Waals surface area contributed by atoms with Gasteiger partial charge in [0.1, 0.15) is 18.1 Å². The van der Waals surface area contributed by atoms with Gasteiger partial charge in [-0.1, -0.05) is 6.07 Å². The van der Waals surface area contributed by atoms with Crippen molar-refractivity contribution in [1.82, 2.24) is 5.32 Å². The van der Waals surface area contributed by atoms with Gasteiger partial charge in [-0.05, 0) is 48.6 Å². The molecular weight excluding hydrogens is 342 g/mol. The van der Waals surface area contributed by atoms with Crippen molar-refractivity contribution in [2.75, 3.05) is 13.2 Å². The second-order valence-electron chi connectivity index (χ2n) is 6.16. The topological polar surface area (TPSA) is 84.9 Å². The molecule has 7 heteroatoms. The summed E-state index contributed by atoms with van der Waals surface area (Å²) in [6.45, 7) is 1.06. The predicted octanol–water partition coefficient (Wildman–Crippen LogP) is 3.10. The van der Waals surface area contributed by atoms with Crippen LogP contribution in [0.4, 0.5) is 0 Å². The second kappa shape index (κ2) is 6.40. The Kier molecular flexibility index (Phi) is 4.09. The average Bonchev–Trinajstić information content (AvgIpc) is 3.33. The maximum absolute atomic E-state index is 12.5. The first-order valence-electron chi connectivity index (χ1n) is 8.15. The largest absolute Gasteiger partial charge is 0.486 e. The van der Waals surface area contributed by atoms with E-state index in [9.17, 15) is 9.59 Å². The Morgan fingerprint density at radius 2 is 1.80 bits per heavy atom. The van der Waals surface area contributed by atoms with Gasteiger partial charge in [0.05, 0.1) is 10.9 Å². The number of hydrogen-bond acceptors (Lipinski definition) is 5. The van der Waals surface area contributed by atoms with E-state index >= 15 is 0 Å². The third kappa shape index (κ3) is 3.32. The molecule has 1 unspecified atom stereocenters. The second-order valence-corrected chi connectivity index (χ2v) is 7.24. The summed E-state index contributed by atoms with van der Waals surface area (Å²) in [5.74, 6) is 0.553. The zero-order valence-corrected chi connectivity index (χ0v) is 14.2. The molecule has 1 aliphatic heterocycles. The summed E-state index contributed by atoms with van der Waals surface area (Å²) in [6.07, 6.45) is 2.12. The van der Waals surface area contributed by atoms with Crippen LogP contribution in [0.15, 0.2) is 30.3 Å². The average molecular weight is 359 g/mol. The number of benzene rings is 1. The minimum Gasteiger partial charge on any atom is -0.486 e. The van der Waals surface area contributed by atoms with Gasteiger partial charge in [-0.25, -0.2) is 4.79 Å². The summed E-state index contributed by atoms with van der Waals surface area (Å²) in [5, 5.41) is 12.1. The molecule has 1 fully saturated rings. The number of ether oxygens (including phenoxy) is 2. The summed E-state index contributed by atoms with van der Waals surface area (Å²) < 4.78 is 11.2. The van der Waals surface area contributed by atoms with E-state index in [4.69, 9.17) is 14.6 Å². The molecule has 130 valence electrons. The first-order valence-corrected chi connectivity index (χ1v) is 8.97. The molecule has 0 spiro atoms. The van der Waals surface area contributed by atoms with E-state index in [-0.39, 0.29) is 16.8 Å². The lowest BCUT2D eigenvalue weighted by molar-refractivity contribution is 0.0702. The van der Waals surface area contributed by atoms with Crippen molar-refractivity contribution >= 4 is 23.2 Å². The summed E-state index contributed by atoms with van der Waals surface area (Å²) >= 11 is 0.985.